The first-order valence-electron chi connectivity index (χ1n) is 7.27. The van der Waals surface area contributed by atoms with Gasteiger partial charge in [0, 0.05) is 0 Å². The first-order chi connectivity index (χ1) is 9.51. The molecule has 0 aliphatic heterocycles. The summed E-state index contributed by atoms with van der Waals surface area (Å²) < 4.78 is 34.0. The van der Waals surface area contributed by atoms with Crippen LogP contribution in [-0.4, -0.2) is 42.5 Å². The second-order valence-electron chi connectivity index (χ2n) is 5.03. The quantitative estimate of drug-likeness (QED) is 0.406. The van der Waals surface area contributed by atoms with Crippen LogP contribution in [0.2, 0.25) is 0 Å². The van der Waals surface area contributed by atoms with Gasteiger partial charge in [-0.25, -0.2) is 0 Å². The average molecular weight is 324 g/mol. The summed E-state index contributed by atoms with van der Waals surface area (Å²) in [5, 5.41) is 0. The van der Waals surface area contributed by atoms with E-state index in [4.69, 9.17) is 4.55 Å². The first-order valence-corrected chi connectivity index (χ1v) is 8.63. The number of hydrogen-bond acceptors (Lipinski definition) is 3. The molecule has 1 aromatic carbocycles. The third kappa shape index (κ3) is 11.2. The molecule has 0 heterocycles. The number of unbranched alkanes of at least 4 members (excludes halogenated alkanes) is 6. The molecular weight excluding hydrogens is 299 g/mol. The van der Waals surface area contributed by atoms with Crippen LogP contribution in [0.4, 0.5) is 0 Å². The van der Waals surface area contributed by atoms with E-state index in [9.17, 15) is 8.42 Å². The van der Waals surface area contributed by atoms with Crippen molar-refractivity contribution in [3.63, 3.8) is 0 Å². The van der Waals surface area contributed by atoms with Crippen molar-refractivity contribution >= 4 is 40.0 Å². The van der Waals surface area contributed by atoms with E-state index in [1.165, 1.54) is 38.5 Å². The summed E-state index contributed by atoms with van der Waals surface area (Å²) in [6, 6.07) is 6.78. The second kappa shape index (κ2) is 11.5. The topological polar surface area (TPSA) is 63.6 Å². The molecule has 0 radical (unpaired) electrons. The molecule has 0 aromatic heterocycles. The Labute approximate surface area is 150 Å². The fourth-order valence-electron chi connectivity index (χ4n) is 2.12. The second-order valence-corrected chi connectivity index (χ2v) is 6.05. The summed E-state index contributed by atoms with van der Waals surface area (Å²) in [6.07, 6.45) is 9.89. The summed E-state index contributed by atoms with van der Waals surface area (Å²) in [4.78, 5) is 0. The van der Waals surface area contributed by atoms with Crippen molar-refractivity contribution in [2.24, 2.45) is 0 Å². The molecule has 0 unspecified atom stereocenters. The zero-order valence-electron chi connectivity index (χ0n) is 12.0. The molecule has 0 aliphatic rings. The molecule has 0 saturated carbocycles. The van der Waals surface area contributed by atoms with E-state index in [0.717, 1.165) is 18.4 Å². The van der Waals surface area contributed by atoms with Crippen molar-refractivity contribution in [2.45, 2.75) is 58.3 Å². The van der Waals surface area contributed by atoms with Crippen LogP contribution in [0.15, 0.2) is 24.3 Å². The molecule has 1 N–H and O–H groups in total. The third-order valence-corrected chi connectivity index (χ3v) is 3.60. The number of benzene rings is 1. The Morgan fingerprint density at radius 3 is 2.00 bits per heavy atom. The summed E-state index contributed by atoms with van der Waals surface area (Å²) in [7, 11) is -4.42. The number of aryl methyl sites for hydroxylation is 1. The number of rotatable bonds is 10. The van der Waals surface area contributed by atoms with Gasteiger partial charge in [0.05, 0.1) is 0 Å². The minimum absolute atomic E-state index is 0. The Hall–Kier alpha value is -0.0700. The predicted octanol–water partition coefficient (Wildman–Crippen LogP) is 3.51. The van der Waals surface area contributed by atoms with E-state index in [1.54, 1.807) is 12.1 Å². The maximum atomic E-state index is 10.5. The molecular formula is C15H25NaO4S. The molecule has 0 aliphatic carbocycles. The van der Waals surface area contributed by atoms with Crippen molar-refractivity contribution in [3.8, 4) is 5.75 Å². The van der Waals surface area contributed by atoms with Gasteiger partial charge in [-0.1, -0.05) is 57.6 Å². The molecule has 0 saturated heterocycles. The van der Waals surface area contributed by atoms with E-state index in [0.29, 0.717) is 0 Å². The van der Waals surface area contributed by atoms with Crippen LogP contribution in [0, 0.1) is 0 Å². The fraction of sp³-hybridized carbons (Fsp3) is 0.600. The molecule has 0 bridgehead atoms. The van der Waals surface area contributed by atoms with Gasteiger partial charge in [-0.2, -0.15) is 8.42 Å². The molecule has 0 atom stereocenters. The average Bonchev–Trinajstić information content (AvgIpc) is 2.38. The van der Waals surface area contributed by atoms with Gasteiger partial charge >= 0.3 is 40.0 Å². The van der Waals surface area contributed by atoms with Crippen molar-refractivity contribution in [2.75, 3.05) is 0 Å². The van der Waals surface area contributed by atoms with Crippen molar-refractivity contribution in [1.82, 2.24) is 0 Å². The van der Waals surface area contributed by atoms with Crippen LogP contribution >= 0.6 is 0 Å². The summed E-state index contributed by atoms with van der Waals surface area (Å²) >= 11 is 0. The van der Waals surface area contributed by atoms with Gasteiger partial charge < -0.3 is 4.18 Å². The fourth-order valence-corrected chi connectivity index (χ4v) is 2.47. The zero-order valence-corrected chi connectivity index (χ0v) is 12.9. The Kier molecular flexibility index (Phi) is 11.5. The van der Waals surface area contributed by atoms with Crippen molar-refractivity contribution in [1.29, 1.82) is 0 Å². The van der Waals surface area contributed by atoms with Gasteiger partial charge in [-0.3, -0.25) is 4.55 Å². The van der Waals surface area contributed by atoms with Crippen LogP contribution in [0.25, 0.3) is 0 Å². The molecule has 0 spiro atoms. The van der Waals surface area contributed by atoms with E-state index < -0.39 is 10.4 Å². The molecule has 6 heteroatoms. The summed E-state index contributed by atoms with van der Waals surface area (Å²) in [6.45, 7) is 2.22. The minimum atomic E-state index is -4.42. The Morgan fingerprint density at radius 1 is 0.952 bits per heavy atom. The van der Waals surface area contributed by atoms with E-state index >= 15 is 0 Å². The monoisotopic (exact) mass is 324 g/mol. The Morgan fingerprint density at radius 2 is 1.48 bits per heavy atom. The van der Waals surface area contributed by atoms with Crippen molar-refractivity contribution in [3.05, 3.63) is 29.8 Å². The molecule has 4 nitrogen and oxygen atoms in total. The summed E-state index contributed by atoms with van der Waals surface area (Å²) in [5.74, 6) is 0.135. The van der Waals surface area contributed by atoms with Crippen molar-refractivity contribution < 1.29 is 17.2 Å². The van der Waals surface area contributed by atoms with E-state index in [1.807, 2.05) is 12.1 Å². The molecule has 1 rings (SSSR count). The zero-order chi connectivity index (χ0) is 14.8. The van der Waals surface area contributed by atoms with Gasteiger partial charge in [0.2, 0.25) is 0 Å². The van der Waals surface area contributed by atoms with Gasteiger partial charge in [-0.05, 0) is 30.5 Å². The maximum absolute atomic E-state index is 10.5. The summed E-state index contributed by atoms with van der Waals surface area (Å²) in [5.41, 5.74) is 1.15. The molecule has 116 valence electrons. The molecule has 1 aromatic rings. The van der Waals surface area contributed by atoms with Crippen LogP contribution < -0.4 is 4.18 Å². The molecule has 0 amide bonds. The normalized spacial score (nSPS) is 11.0. The van der Waals surface area contributed by atoms with Crippen LogP contribution in [0.3, 0.4) is 0 Å². The van der Waals surface area contributed by atoms with Gasteiger partial charge in [-0.15, -0.1) is 0 Å². The van der Waals surface area contributed by atoms with Gasteiger partial charge in [0.1, 0.15) is 5.75 Å². The van der Waals surface area contributed by atoms with Crippen LogP contribution in [0.1, 0.15) is 57.4 Å². The molecule has 21 heavy (non-hydrogen) atoms. The van der Waals surface area contributed by atoms with Gasteiger partial charge in [0.15, 0.2) is 0 Å². The SMILES string of the molecule is CCCCCCCCCc1ccc(OS(=O)(=O)O)cc1.[NaH]. The Bertz CT molecular complexity index is 471. The first kappa shape index (κ1) is 20.9. The van der Waals surface area contributed by atoms with Gasteiger partial charge in [0.25, 0.3) is 0 Å². The predicted molar refractivity (Wildman–Crippen MR) is 87.5 cm³/mol. The molecule has 0 fully saturated rings. The third-order valence-electron chi connectivity index (χ3n) is 3.19. The van der Waals surface area contributed by atoms with E-state index in [-0.39, 0.29) is 35.3 Å². The standard InChI is InChI=1S/C15H24O4S.Na.H/c1-2-3-4-5-6-7-8-9-14-10-12-15(13-11-14)19-20(16,17)18;;/h10-13H,2-9H2,1H3,(H,16,17,18);;. The Balaban J connectivity index is 0.00000400. The number of hydrogen-bond donors (Lipinski definition) is 1. The van der Waals surface area contributed by atoms with E-state index in [2.05, 4.69) is 11.1 Å². The van der Waals surface area contributed by atoms with Crippen LogP contribution in [0.5, 0.6) is 5.75 Å². The van der Waals surface area contributed by atoms with Crippen LogP contribution in [-0.2, 0) is 16.8 Å².